The van der Waals surface area contributed by atoms with E-state index in [0.717, 1.165) is 28.0 Å². The molecule has 3 rings (SSSR count). The number of hydrogen-bond donors (Lipinski definition) is 2. The number of nitrogens with one attached hydrogen (secondary N) is 2. The van der Waals surface area contributed by atoms with Crippen LogP contribution in [0.2, 0.25) is 0 Å². The zero-order valence-corrected chi connectivity index (χ0v) is 8.82. The molecular formula is C12H11N3O. The van der Waals surface area contributed by atoms with Gasteiger partial charge < -0.3 is 9.72 Å². The van der Waals surface area contributed by atoms with Crippen molar-refractivity contribution in [1.29, 1.82) is 0 Å². The number of ether oxygens (including phenoxy) is 1. The molecule has 0 radical (unpaired) electrons. The zero-order valence-electron chi connectivity index (χ0n) is 8.82. The van der Waals surface area contributed by atoms with Crippen molar-refractivity contribution in [3.63, 3.8) is 0 Å². The Labute approximate surface area is 92.3 Å². The number of rotatable bonds is 2. The molecule has 16 heavy (non-hydrogen) atoms. The summed E-state index contributed by atoms with van der Waals surface area (Å²) >= 11 is 0. The highest BCUT2D eigenvalue weighted by molar-refractivity contribution is 5.90. The maximum atomic E-state index is 5.31. The van der Waals surface area contributed by atoms with E-state index >= 15 is 0 Å². The van der Waals surface area contributed by atoms with Gasteiger partial charge in [-0.25, -0.2) is 0 Å². The molecule has 0 spiro atoms. The Hall–Kier alpha value is -2.23. The summed E-state index contributed by atoms with van der Waals surface area (Å²) in [6, 6.07) is 9.93. The third kappa shape index (κ3) is 1.27. The van der Waals surface area contributed by atoms with E-state index in [9.17, 15) is 0 Å². The summed E-state index contributed by atoms with van der Waals surface area (Å²) in [4.78, 5) is 3.32. The van der Waals surface area contributed by atoms with Crippen LogP contribution < -0.4 is 4.74 Å². The smallest absolute Gasteiger partial charge is 0.128 e. The highest BCUT2D eigenvalue weighted by atomic mass is 16.5. The fraction of sp³-hybridized carbons (Fsp3) is 0.0833. The summed E-state index contributed by atoms with van der Waals surface area (Å²) in [5, 5.41) is 7.94. The third-order valence-corrected chi connectivity index (χ3v) is 2.63. The van der Waals surface area contributed by atoms with Crippen molar-refractivity contribution in [3.8, 4) is 17.1 Å². The molecule has 1 aromatic carbocycles. The van der Waals surface area contributed by atoms with Crippen LogP contribution in [0.4, 0.5) is 0 Å². The Balaban J connectivity index is 2.23. The van der Waals surface area contributed by atoms with Crippen molar-refractivity contribution in [1.82, 2.24) is 15.2 Å². The van der Waals surface area contributed by atoms with Crippen LogP contribution in [0.15, 0.2) is 36.5 Å². The van der Waals surface area contributed by atoms with Gasteiger partial charge in [0.2, 0.25) is 0 Å². The van der Waals surface area contributed by atoms with Gasteiger partial charge in [0.25, 0.3) is 0 Å². The van der Waals surface area contributed by atoms with Gasteiger partial charge in [-0.2, -0.15) is 5.10 Å². The first-order valence-electron chi connectivity index (χ1n) is 5.04. The van der Waals surface area contributed by atoms with Crippen LogP contribution in [-0.2, 0) is 0 Å². The fourth-order valence-corrected chi connectivity index (χ4v) is 1.86. The molecule has 4 heteroatoms. The van der Waals surface area contributed by atoms with Gasteiger partial charge in [-0.05, 0) is 24.3 Å². The summed E-state index contributed by atoms with van der Waals surface area (Å²) in [5.74, 6) is 0.875. The number of benzene rings is 1. The lowest BCUT2D eigenvalue weighted by atomic mass is 10.2. The molecule has 0 saturated carbocycles. The molecule has 2 heterocycles. The number of fused-ring (bicyclic) bond motifs is 1. The Morgan fingerprint density at radius 1 is 1.19 bits per heavy atom. The van der Waals surface area contributed by atoms with E-state index in [1.54, 1.807) is 13.3 Å². The summed E-state index contributed by atoms with van der Waals surface area (Å²) in [7, 11) is 1.68. The lowest BCUT2D eigenvalue weighted by Gasteiger charge is -1.99. The van der Waals surface area contributed by atoms with E-state index in [0.29, 0.717) is 0 Å². The Morgan fingerprint density at radius 3 is 2.88 bits per heavy atom. The second kappa shape index (κ2) is 3.41. The molecule has 0 unspecified atom stereocenters. The van der Waals surface area contributed by atoms with Crippen LogP contribution in [0.3, 0.4) is 0 Å². The van der Waals surface area contributed by atoms with E-state index in [1.807, 2.05) is 24.3 Å². The molecule has 2 N–H and O–H groups in total. The first kappa shape index (κ1) is 9.03. The quantitative estimate of drug-likeness (QED) is 0.687. The molecule has 80 valence electrons. The normalized spacial score (nSPS) is 10.8. The minimum atomic E-state index is 0.875. The number of nitrogens with zero attached hydrogens (tertiary/aromatic N) is 1. The second-order valence-electron chi connectivity index (χ2n) is 3.57. The van der Waals surface area contributed by atoms with Crippen molar-refractivity contribution in [3.05, 3.63) is 36.5 Å². The van der Waals surface area contributed by atoms with E-state index < -0.39 is 0 Å². The van der Waals surface area contributed by atoms with Crippen molar-refractivity contribution >= 4 is 10.9 Å². The van der Waals surface area contributed by atoms with Gasteiger partial charge in [-0.1, -0.05) is 6.07 Å². The minimum absolute atomic E-state index is 0.875. The SMILES string of the molecule is COc1cccc2[nH]c(-c3ccn[nH]3)cc12. The monoisotopic (exact) mass is 213 g/mol. The van der Waals surface area contributed by atoms with E-state index in [4.69, 9.17) is 4.74 Å². The van der Waals surface area contributed by atoms with Crippen LogP contribution in [-0.4, -0.2) is 22.3 Å². The van der Waals surface area contributed by atoms with Crippen molar-refractivity contribution in [2.24, 2.45) is 0 Å². The van der Waals surface area contributed by atoms with Crippen LogP contribution in [0, 0.1) is 0 Å². The van der Waals surface area contributed by atoms with Crippen LogP contribution in [0.5, 0.6) is 5.75 Å². The molecular weight excluding hydrogens is 202 g/mol. The summed E-state index contributed by atoms with van der Waals surface area (Å²) in [5.41, 5.74) is 3.04. The second-order valence-corrected chi connectivity index (χ2v) is 3.57. The molecule has 0 saturated heterocycles. The highest BCUT2D eigenvalue weighted by Crippen LogP contribution is 2.29. The van der Waals surface area contributed by atoms with Gasteiger partial charge in [-0.15, -0.1) is 0 Å². The van der Waals surface area contributed by atoms with E-state index in [1.165, 1.54) is 0 Å². The first-order chi connectivity index (χ1) is 7.88. The Kier molecular flexibility index (Phi) is 1.93. The zero-order chi connectivity index (χ0) is 11.0. The van der Waals surface area contributed by atoms with Crippen molar-refractivity contribution < 1.29 is 4.74 Å². The van der Waals surface area contributed by atoms with E-state index in [2.05, 4.69) is 21.2 Å². The van der Waals surface area contributed by atoms with E-state index in [-0.39, 0.29) is 0 Å². The molecule has 4 nitrogen and oxygen atoms in total. The first-order valence-corrected chi connectivity index (χ1v) is 5.04. The van der Waals surface area contributed by atoms with Gasteiger partial charge >= 0.3 is 0 Å². The maximum Gasteiger partial charge on any atom is 0.128 e. The lowest BCUT2D eigenvalue weighted by Crippen LogP contribution is -1.81. The predicted molar refractivity (Wildman–Crippen MR) is 62.4 cm³/mol. The maximum absolute atomic E-state index is 5.31. The molecule has 0 aliphatic heterocycles. The number of methoxy groups -OCH3 is 1. The number of hydrogen-bond acceptors (Lipinski definition) is 2. The van der Waals surface area contributed by atoms with Crippen molar-refractivity contribution in [2.75, 3.05) is 7.11 Å². The van der Waals surface area contributed by atoms with Crippen LogP contribution in [0.25, 0.3) is 22.3 Å². The third-order valence-electron chi connectivity index (χ3n) is 2.63. The molecule has 0 aliphatic rings. The topological polar surface area (TPSA) is 53.7 Å². The van der Waals surface area contributed by atoms with Gasteiger partial charge in [0.05, 0.1) is 18.5 Å². The largest absolute Gasteiger partial charge is 0.496 e. The summed E-state index contributed by atoms with van der Waals surface area (Å²) in [6.45, 7) is 0. The molecule has 2 aromatic heterocycles. The predicted octanol–water partition coefficient (Wildman–Crippen LogP) is 2.57. The Bertz CT molecular complexity index is 610. The summed E-state index contributed by atoms with van der Waals surface area (Å²) < 4.78 is 5.31. The van der Waals surface area contributed by atoms with Crippen LogP contribution >= 0.6 is 0 Å². The lowest BCUT2D eigenvalue weighted by molar-refractivity contribution is 0.420. The number of H-pyrrole nitrogens is 2. The number of aromatic amines is 2. The average molecular weight is 213 g/mol. The van der Waals surface area contributed by atoms with Gasteiger partial charge in [0.1, 0.15) is 5.75 Å². The molecule has 0 bridgehead atoms. The van der Waals surface area contributed by atoms with Gasteiger partial charge in [0.15, 0.2) is 0 Å². The Morgan fingerprint density at radius 2 is 2.12 bits per heavy atom. The van der Waals surface area contributed by atoms with Gasteiger partial charge in [0, 0.05) is 17.1 Å². The minimum Gasteiger partial charge on any atom is -0.496 e. The van der Waals surface area contributed by atoms with Crippen molar-refractivity contribution in [2.45, 2.75) is 0 Å². The number of aromatic nitrogens is 3. The fourth-order valence-electron chi connectivity index (χ4n) is 1.86. The molecule has 0 aliphatic carbocycles. The molecule has 3 aromatic rings. The molecule has 0 atom stereocenters. The van der Waals surface area contributed by atoms with Crippen LogP contribution in [0.1, 0.15) is 0 Å². The van der Waals surface area contributed by atoms with Gasteiger partial charge in [-0.3, -0.25) is 5.10 Å². The average Bonchev–Trinajstić information content (AvgIpc) is 2.96. The molecule has 0 fully saturated rings. The molecule has 0 amide bonds. The summed E-state index contributed by atoms with van der Waals surface area (Å²) in [6.07, 6.45) is 1.73. The highest BCUT2D eigenvalue weighted by Gasteiger charge is 2.07. The standard InChI is InChI=1S/C12H11N3O/c1-16-12-4-2-3-9-8(12)7-11(14-9)10-5-6-13-15-10/h2-7,14H,1H3,(H,13,15).